The van der Waals surface area contributed by atoms with Gasteiger partial charge in [-0.2, -0.15) is 5.26 Å². The van der Waals surface area contributed by atoms with Gasteiger partial charge in [-0.15, -0.1) is 0 Å². The van der Waals surface area contributed by atoms with Crippen molar-refractivity contribution in [2.75, 3.05) is 18.6 Å². The van der Waals surface area contributed by atoms with E-state index in [2.05, 4.69) is 6.07 Å². The fourth-order valence-corrected chi connectivity index (χ4v) is 1.37. The Morgan fingerprint density at radius 1 is 1.47 bits per heavy atom. The Morgan fingerprint density at radius 3 is 2.59 bits per heavy atom. The highest BCUT2D eigenvalue weighted by Crippen LogP contribution is 2.27. The van der Waals surface area contributed by atoms with Gasteiger partial charge in [-0.3, -0.25) is 0 Å². The van der Waals surface area contributed by atoms with Crippen molar-refractivity contribution in [2.24, 2.45) is 0 Å². The second-order valence-electron chi connectivity index (χ2n) is 4.28. The molecule has 17 heavy (non-hydrogen) atoms. The predicted octanol–water partition coefficient (Wildman–Crippen LogP) is 2.96. The molecular formula is C13H17FN2O. The van der Waals surface area contributed by atoms with E-state index in [9.17, 15) is 4.39 Å². The molecule has 0 N–H and O–H groups in total. The Kier molecular flexibility index (Phi) is 3.95. The van der Waals surface area contributed by atoms with Crippen LogP contribution in [0.2, 0.25) is 0 Å². The molecule has 0 aromatic heterocycles. The number of rotatable bonds is 4. The highest BCUT2D eigenvalue weighted by molar-refractivity contribution is 5.52. The van der Waals surface area contributed by atoms with Gasteiger partial charge in [0.1, 0.15) is 5.54 Å². The van der Waals surface area contributed by atoms with Crippen molar-refractivity contribution < 1.29 is 9.13 Å². The monoisotopic (exact) mass is 236 g/mol. The van der Waals surface area contributed by atoms with Crippen LogP contribution in [-0.2, 0) is 0 Å². The molecule has 0 heterocycles. The number of hydrogen-bond acceptors (Lipinski definition) is 3. The van der Waals surface area contributed by atoms with E-state index in [-0.39, 0.29) is 5.75 Å². The van der Waals surface area contributed by atoms with Gasteiger partial charge in [0.25, 0.3) is 0 Å². The van der Waals surface area contributed by atoms with Gasteiger partial charge in [0.05, 0.1) is 12.7 Å². The number of benzene rings is 1. The van der Waals surface area contributed by atoms with Crippen LogP contribution < -0.4 is 9.64 Å². The van der Waals surface area contributed by atoms with Crippen molar-refractivity contribution in [3.05, 3.63) is 24.0 Å². The third-order valence-electron chi connectivity index (χ3n) is 2.71. The normalized spacial score (nSPS) is 10.8. The minimum Gasteiger partial charge on any atom is -0.491 e. The molecule has 0 aliphatic rings. The highest BCUT2D eigenvalue weighted by atomic mass is 19.1. The van der Waals surface area contributed by atoms with Crippen molar-refractivity contribution in [1.82, 2.24) is 0 Å². The molecule has 0 fully saturated rings. The average Bonchev–Trinajstić information content (AvgIpc) is 2.31. The van der Waals surface area contributed by atoms with Crippen LogP contribution in [-0.4, -0.2) is 19.2 Å². The zero-order valence-corrected chi connectivity index (χ0v) is 10.6. The first-order valence-electron chi connectivity index (χ1n) is 5.49. The summed E-state index contributed by atoms with van der Waals surface area (Å²) < 4.78 is 18.8. The lowest BCUT2D eigenvalue weighted by Gasteiger charge is -2.31. The maximum Gasteiger partial charge on any atom is 0.167 e. The maximum absolute atomic E-state index is 13.7. The van der Waals surface area contributed by atoms with Crippen molar-refractivity contribution in [3.63, 3.8) is 0 Å². The molecule has 92 valence electrons. The molecule has 0 saturated carbocycles. The summed E-state index contributed by atoms with van der Waals surface area (Å²) in [5.74, 6) is -0.177. The van der Waals surface area contributed by atoms with Crippen molar-refractivity contribution in [3.8, 4) is 11.8 Å². The second-order valence-corrected chi connectivity index (χ2v) is 4.28. The van der Waals surface area contributed by atoms with Gasteiger partial charge in [-0.25, -0.2) is 4.39 Å². The summed E-state index contributed by atoms with van der Waals surface area (Å²) in [7, 11) is 1.76. The minimum atomic E-state index is -0.681. The SMILES string of the molecule is CCOc1ccc(N(C)C(C)(C)C#N)cc1F. The van der Waals surface area contributed by atoms with E-state index >= 15 is 0 Å². The third kappa shape index (κ3) is 2.88. The molecule has 3 nitrogen and oxygen atoms in total. The molecule has 0 atom stereocenters. The van der Waals surface area contributed by atoms with Crippen molar-refractivity contribution >= 4 is 5.69 Å². The van der Waals surface area contributed by atoms with E-state index in [1.165, 1.54) is 6.07 Å². The van der Waals surface area contributed by atoms with E-state index in [4.69, 9.17) is 10.00 Å². The van der Waals surface area contributed by atoms with Crippen LogP contribution in [0, 0.1) is 17.1 Å². The highest BCUT2D eigenvalue weighted by Gasteiger charge is 2.23. The molecule has 0 amide bonds. The number of anilines is 1. The standard InChI is InChI=1S/C13H17FN2O/c1-5-17-12-7-6-10(8-11(12)14)16(4)13(2,3)9-15/h6-8H,5H2,1-4H3. The predicted molar refractivity (Wildman–Crippen MR) is 65.7 cm³/mol. The van der Waals surface area contributed by atoms with Crippen LogP contribution in [0.1, 0.15) is 20.8 Å². The first-order chi connectivity index (χ1) is 7.92. The average molecular weight is 236 g/mol. The van der Waals surface area contributed by atoms with Crippen LogP contribution >= 0.6 is 0 Å². The molecule has 0 radical (unpaired) electrons. The number of nitrogens with zero attached hydrogens (tertiary/aromatic N) is 2. The molecule has 4 heteroatoms. The van der Waals surface area contributed by atoms with Crippen LogP contribution in [0.25, 0.3) is 0 Å². The fraction of sp³-hybridized carbons (Fsp3) is 0.462. The van der Waals surface area contributed by atoms with E-state index in [1.807, 2.05) is 0 Å². The number of ether oxygens (including phenoxy) is 1. The Hall–Kier alpha value is -1.76. The summed E-state index contributed by atoms with van der Waals surface area (Å²) in [6.45, 7) is 5.79. The fourth-order valence-electron chi connectivity index (χ4n) is 1.37. The van der Waals surface area contributed by atoms with E-state index < -0.39 is 11.4 Å². The lowest BCUT2D eigenvalue weighted by Crippen LogP contribution is -2.39. The first kappa shape index (κ1) is 13.3. The maximum atomic E-state index is 13.7. The molecule has 0 aliphatic heterocycles. The summed E-state index contributed by atoms with van der Waals surface area (Å²) in [6.07, 6.45) is 0. The lowest BCUT2D eigenvalue weighted by atomic mass is 10.1. The lowest BCUT2D eigenvalue weighted by molar-refractivity contribution is 0.321. The molecule has 1 aromatic rings. The zero-order valence-electron chi connectivity index (χ0n) is 10.6. The van der Waals surface area contributed by atoms with E-state index in [0.717, 1.165) is 0 Å². The largest absolute Gasteiger partial charge is 0.491 e. The Labute approximate surface area is 101 Å². The van der Waals surface area contributed by atoms with Gasteiger partial charge in [0.2, 0.25) is 0 Å². The zero-order chi connectivity index (χ0) is 13.1. The molecule has 0 saturated heterocycles. The first-order valence-corrected chi connectivity index (χ1v) is 5.49. The summed E-state index contributed by atoms with van der Waals surface area (Å²) in [5, 5.41) is 9.02. The summed E-state index contributed by atoms with van der Waals surface area (Å²) in [4.78, 5) is 1.73. The van der Waals surface area contributed by atoms with Gasteiger partial charge in [-0.1, -0.05) is 0 Å². The van der Waals surface area contributed by atoms with E-state index in [1.54, 1.807) is 44.9 Å². The van der Waals surface area contributed by atoms with Crippen molar-refractivity contribution in [2.45, 2.75) is 26.3 Å². The molecule has 0 unspecified atom stereocenters. The minimum absolute atomic E-state index is 0.236. The molecule has 1 aromatic carbocycles. The smallest absolute Gasteiger partial charge is 0.167 e. The topological polar surface area (TPSA) is 36.3 Å². The molecule has 0 aliphatic carbocycles. The molecule has 1 rings (SSSR count). The van der Waals surface area contributed by atoms with Gasteiger partial charge in [-0.05, 0) is 32.9 Å². The third-order valence-corrected chi connectivity index (χ3v) is 2.71. The number of nitriles is 1. The van der Waals surface area contributed by atoms with Crippen LogP contribution in [0.15, 0.2) is 18.2 Å². The van der Waals surface area contributed by atoms with E-state index in [0.29, 0.717) is 12.3 Å². The summed E-state index contributed by atoms with van der Waals surface area (Å²) in [5.41, 5.74) is -0.0305. The quantitative estimate of drug-likeness (QED) is 0.806. The van der Waals surface area contributed by atoms with Gasteiger partial charge >= 0.3 is 0 Å². The second kappa shape index (κ2) is 5.05. The molecule has 0 spiro atoms. The van der Waals surface area contributed by atoms with Gasteiger partial charge in [0, 0.05) is 18.8 Å². The van der Waals surface area contributed by atoms with Crippen LogP contribution in [0.5, 0.6) is 5.75 Å². The number of hydrogen-bond donors (Lipinski definition) is 0. The Morgan fingerprint density at radius 2 is 2.12 bits per heavy atom. The summed E-state index contributed by atoms with van der Waals surface area (Å²) in [6, 6.07) is 6.87. The number of halogens is 1. The van der Waals surface area contributed by atoms with Gasteiger partial charge in [0.15, 0.2) is 11.6 Å². The Balaban J connectivity index is 3.02. The van der Waals surface area contributed by atoms with Crippen LogP contribution in [0.4, 0.5) is 10.1 Å². The van der Waals surface area contributed by atoms with Gasteiger partial charge < -0.3 is 9.64 Å². The molecular weight excluding hydrogens is 219 g/mol. The van der Waals surface area contributed by atoms with Crippen LogP contribution in [0.3, 0.4) is 0 Å². The van der Waals surface area contributed by atoms with Crippen molar-refractivity contribution in [1.29, 1.82) is 5.26 Å². The summed E-state index contributed by atoms with van der Waals surface area (Å²) >= 11 is 0. The molecule has 0 bridgehead atoms. The Bertz CT molecular complexity index is 438.